The van der Waals surface area contributed by atoms with Gasteiger partial charge in [0.2, 0.25) is 0 Å². The Morgan fingerprint density at radius 2 is 1.11 bits per heavy atom. The number of ether oxygens (including phenoxy) is 3. The number of methoxy groups -OCH3 is 2. The topological polar surface area (TPSA) is 82.1 Å². The third-order valence-electron chi connectivity index (χ3n) is 6.40. The Kier molecular flexibility index (Phi) is 8.94. The Balaban J connectivity index is 2.29. The summed E-state index contributed by atoms with van der Waals surface area (Å²) in [6.45, 7) is 11.1. The van der Waals surface area contributed by atoms with Crippen LogP contribution in [0.4, 0.5) is 4.79 Å². The first-order chi connectivity index (χ1) is 18.0. The summed E-state index contributed by atoms with van der Waals surface area (Å²) >= 11 is 0. The Morgan fingerprint density at radius 3 is 1.42 bits per heavy atom. The third kappa shape index (κ3) is 6.22. The summed E-state index contributed by atoms with van der Waals surface area (Å²) in [6, 6.07) is 18.0. The molecule has 0 aliphatic heterocycles. The first kappa shape index (κ1) is 28.4. The second kappa shape index (κ2) is 11.9. The molecule has 200 valence electrons. The van der Waals surface area contributed by atoms with Crippen LogP contribution in [-0.2, 0) is 14.9 Å². The van der Waals surface area contributed by atoms with Gasteiger partial charge in [0.25, 0.3) is 0 Å². The molecule has 3 rings (SSSR count). The summed E-state index contributed by atoms with van der Waals surface area (Å²) < 4.78 is 15.8. The van der Waals surface area contributed by atoms with Crippen LogP contribution in [0.15, 0.2) is 60.7 Å². The molecule has 0 aliphatic carbocycles. The molecule has 0 bridgehead atoms. The smallest absolute Gasteiger partial charge is 0.415 e. The van der Waals surface area contributed by atoms with E-state index < -0.39 is 18.0 Å². The molecule has 38 heavy (non-hydrogen) atoms. The standard InChI is InChI=1S/C31H35NO6/c1-8-32(9-2)30(35)38-27-25(20-10-14-22(15-11-20)28(33)36-6)18-24(31(3,4)5)19-26(27)21-12-16-23(17-13-21)29(34)37-7/h10-19H,8-9H2,1-7H3. The van der Waals surface area contributed by atoms with Crippen LogP contribution in [0.3, 0.4) is 0 Å². The predicted molar refractivity (Wildman–Crippen MR) is 148 cm³/mol. The van der Waals surface area contributed by atoms with Gasteiger partial charge >= 0.3 is 18.0 Å². The first-order valence-corrected chi connectivity index (χ1v) is 12.6. The summed E-state index contributed by atoms with van der Waals surface area (Å²) in [5.74, 6) is -0.467. The van der Waals surface area contributed by atoms with Crippen molar-refractivity contribution in [2.75, 3.05) is 27.3 Å². The molecule has 1 amide bonds. The van der Waals surface area contributed by atoms with Gasteiger partial charge < -0.3 is 19.1 Å². The van der Waals surface area contributed by atoms with Crippen LogP contribution < -0.4 is 4.74 Å². The van der Waals surface area contributed by atoms with Crippen molar-refractivity contribution in [3.63, 3.8) is 0 Å². The van der Waals surface area contributed by atoms with Gasteiger partial charge in [-0.3, -0.25) is 0 Å². The van der Waals surface area contributed by atoms with Gasteiger partial charge in [-0.15, -0.1) is 0 Å². The van der Waals surface area contributed by atoms with Crippen molar-refractivity contribution in [1.82, 2.24) is 4.90 Å². The van der Waals surface area contributed by atoms with Crippen molar-refractivity contribution < 1.29 is 28.6 Å². The number of hydrogen-bond acceptors (Lipinski definition) is 6. The fourth-order valence-corrected chi connectivity index (χ4v) is 4.04. The minimum Gasteiger partial charge on any atom is -0.465 e. The molecule has 7 nitrogen and oxygen atoms in total. The highest BCUT2D eigenvalue weighted by atomic mass is 16.6. The van der Waals surface area contributed by atoms with E-state index >= 15 is 0 Å². The zero-order valence-electron chi connectivity index (χ0n) is 23.1. The molecule has 3 aromatic carbocycles. The molecular formula is C31H35NO6. The number of carbonyl (C=O) groups is 3. The van der Waals surface area contributed by atoms with E-state index in [4.69, 9.17) is 14.2 Å². The van der Waals surface area contributed by atoms with Crippen molar-refractivity contribution in [1.29, 1.82) is 0 Å². The number of rotatable bonds is 7. The third-order valence-corrected chi connectivity index (χ3v) is 6.40. The van der Waals surface area contributed by atoms with Crippen molar-refractivity contribution in [2.45, 2.75) is 40.0 Å². The molecule has 0 saturated heterocycles. The van der Waals surface area contributed by atoms with Gasteiger partial charge in [-0.2, -0.15) is 0 Å². The zero-order valence-corrected chi connectivity index (χ0v) is 23.1. The molecule has 0 heterocycles. The van der Waals surface area contributed by atoms with E-state index in [9.17, 15) is 14.4 Å². The summed E-state index contributed by atoms with van der Waals surface area (Å²) in [6.07, 6.45) is -0.460. The van der Waals surface area contributed by atoms with Crippen molar-refractivity contribution in [2.24, 2.45) is 0 Å². The highest BCUT2D eigenvalue weighted by Crippen LogP contribution is 2.43. The molecule has 7 heteroatoms. The summed E-state index contributed by atoms with van der Waals surface area (Å²) in [5, 5.41) is 0. The molecule has 3 aromatic rings. The van der Waals surface area contributed by atoms with Gasteiger partial charge in [0.15, 0.2) is 0 Å². The first-order valence-electron chi connectivity index (χ1n) is 12.6. The number of amides is 1. The van der Waals surface area contributed by atoms with Crippen molar-refractivity contribution in [3.05, 3.63) is 77.4 Å². The van der Waals surface area contributed by atoms with Gasteiger partial charge in [-0.1, -0.05) is 45.0 Å². The van der Waals surface area contributed by atoms with E-state index in [1.165, 1.54) is 14.2 Å². The normalized spacial score (nSPS) is 11.0. The van der Waals surface area contributed by atoms with Gasteiger partial charge in [0.1, 0.15) is 5.75 Å². The fourth-order valence-electron chi connectivity index (χ4n) is 4.04. The number of esters is 2. The van der Waals surface area contributed by atoms with Crippen LogP contribution in [0.25, 0.3) is 22.3 Å². The van der Waals surface area contributed by atoms with E-state index in [1.807, 2.05) is 50.2 Å². The van der Waals surface area contributed by atoms with Gasteiger partial charge in [-0.25, -0.2) is 14.4 Å². The maximum atomic E-state index is 13.2. The Morgan fingerprint density at radius 1 is 0.711 bits per heavy atom. The molecule has 0 N–H and O–H groups in total. The highest BCUT2D eigenvalue weighted by molar-refractivity contribution is 5.93. The number of hydrogen-bond donors (Lipinski definition) is 0. The molecule has 0 atom stereocenters. The van der Waals surface area contributed by atoms with E-state index in [0.717, 1.165) is 16.7 Å². The van der Waals surface area contributed by atoms with Crippen LogP contribution >= 0.6 is 0 Å². The van der Waals surface area contributed by atoms with E-state index in [0.29, 0.717) is 41.1 Å². The quantitative estimate of drug-likeness (QED) is 0.323. The molecule has 0 aromatic heterocycles. The molecule has 0 radical (unpaired) electrons. The number of nitrogens with zero attached hydrogens (tertiary/aromatic N) is 1. The molecule has 0 fully saturated rings. The average molecular weight is 518 g/mol. The predicted octanol–water partition coefficient (Wildman–Crippen LogP) is 6.73. The van der Waals surface area contributed by atoms with E-state index in [1.54, 1.807) is 29.2 Å². The summed E-state index contributed by atoms with van der Waals surface area (Å²) in [4.78, 5) is 38.8. The molecule has 0 aliphatic rings. The van der Waals surface area contributed by atoms with E-state index in [-0.39, 0.29) is 5.41 Å². The Hall–Kier alpha value is -4.13. The lowest BCUT2D eigenvalue weighted by Crippen LogP contribution is -2.33. The van der Waals surface area contributed by atoms with Crippen molar-refractivity contribution >= 4 is 18.0 Å². The Bertz CT molecular complexity index is 1220. The molecule has 0 saturated carbocycles. The average Bonchev–Trinajstić information content (AvgIpc) is 2.92. The van der Waals surface area contributed by atoms with Gasteiger partial charge in [0.05, 0.1) is 25.3 Å². The van der Waals surface area contributed by atoms with Crippen LogP contribution in [0.5, 0.6) is 5.75 Å². The number of carbonyl (C=O) groups excluding carboxylic acids is 3. The van der Waals surface area contributed by atoms with Crippen LogP contribution in [-0.4, -0.2) is 50.2 Å². The summed E-state index contributed by atoms with van der Waals surface area (Å²) in [7, 11) is 2.68. The lowest BCUT2D eigenvalue weighted by molar-refractivity contribution is 0.0592. The molecular weight excluding hydrogens is 482 g/mol. The van der Waals surface area contributed by atoms with Crippen LogP contribution in [0.1, 0.15) is 60.9 Å². The minimum absolute atomic E-state index is 0.219. The van der Waals surface area contributed by atoms with Crippen molar-refractivity contribution in [3.8, 4) is 28.0 Å². The second-order valence-corrected chi connectivity index (χ2v) is 9.83. The fraction of sp³-hybridized carbons (Fsp3) is 0.323. The molecule has 0 unspecified atom stereocenters. The minimum atomic E-state index is -0.460. The maximum Gasteiger partial charge on any atom is 0.415 e. The van der Waals surface area contributed by atoms with E-state index in [2.05, 4.69) is 20.8 Å². The SMILES string of the molecule is CCN(CC)C(=O)Oc1c(-c2ccc(C(=O)OC)cc2)cc(C(C)(C)C)cc1-c1ccc(C(=O)OC)cc1. The van der Waals surface area contributed by atoms with Crippen LogP contribution in [0, 0.1) is 0 Å². The van der Waals surface area contributed by atoms with Gasteiger partial charge in [-0.05, 0) is 72.4 Å². The number of benzene rings is 3. The Labute approximate surface area is 224 Å². The monoisotopic (exact) mass is 517 g/mol. The largest absolute Gasteiger partial charge is 0.465 e. The second-order valence-electron chi connectivity index (χ2n) is 9.83. The lowest BCUT2D eigenvalue weighted by atomic mass is 9.82. The van der Waals surface area contributed by atoms with Gasteiger partial charge in [0, 0.05) is 24.2 Å². The van der Waals surface area contributed by atoms with Crippen LogP contribution in [0.2, 0.25) is 0 Å². The maximum absolute atomic E-state index is 13.2. The zero-order chi connectivity index (χ0) is 28.0. The molecule has 0 spiro atoms. The highest BCUT2D eigenvalue weighted by Gasteiger charge is 2.25. The lowest BCUT2D eigenvalue weighted by Gasteiger charge is -2.25. The summed E-state index contributed by atoms with van der Waals surface area (Å²) in [5.41, 5.74) is 4.62.